The maximum Gasteiger partial charge on any atom is 0.161 e. The lowest BCUT2D eigenvalue weighted by molar-refractivity contribution is 0.0517. The van der Waals surface area contributed by atoms with Crippen molar-refractivity contribution in [1.82, 2.24) is 4.90 Å². The van der Waals surface area contributed by atoms with Gasteiger partial charge in [0, 0.05) is 19.1 Å². The molecule has 1 aliphatic rings. The first-order valence-electron chi connectivity index (χ1n) is 8.97. The van der Waals surface area contributed by atoms with Gasteiger partial charge in [-0.05, 0) is 48.7 Å². The highest BCUT2D eigenvalue weighted by atomic mass is 16.5. The van der Waals surface area contributed by atoms with E-state index in [1.165, 1.54) is 11.1 Å². The third kappa shape index (κ3) is 4.11. The fraction of sp³-hybridized carbons (Fsp3) is 0.429. The zero-order valence-electron chi connectivity index (χ0n) is 15.6. The van der Waals surface area contributed by atoms with Crippen LogP contribution in [0.2, 0.25) is 0 Å². The fourth-order valence-electron chi connectivity index (χ4n) is 3.48. The Bertz CT molecular complexity index is 719. The monoisotopic (exact) mass is 357 g/mol. The first-order chi connectivity index (χ1) is 12.6. The van der Waals surface area contributed by atoms with Crippen LogP contribution >= 0.6 is 0 Å². The zero-order valence-corrected chi connectivity index (χ0v) is 15.6. The SMILES string of the molecule is COc1cc2c(cc1OC)[C@H](C)N(C[C@H](O)COc1ccccc1)CC2. The van der Waals surface area contributed by atoms with Gasteiger partial charge in [0.15, 0.2) is 11.5 Å². The second-order valence-electron chi connectivity index (χ2n) is 6.60. The summed E-state index contributed by atoms with van der Waals surface area (Å²) in [7, 11) is 3.31. The zero-order chi connectivity index (χ0) is 18.5. The Morgan fingerprint density at radius 2 is 1.81 bits per heavy atom. The summed E-state index contributed by atoms with van der Waals surface area (Å²) < 4.78 is 16.5. The Morgan fingerprint density at radius 3 is 2.50 bits per heavy atom. The van der Waals surface area contributed by atoms with Crippen molar-refractivity contribution in [3.8, 4) is 17.2 Å². The van der Waals surface area contributed by atoms with Gasteiger partial charge in [-0.1, -0.05) is 18.2 Å². The molecule has 0 unspecified atom stereocenters. The normalized spacial score (nSPS) is 18.1. The minimum atomic E-state index is -0.542. The number of para-hydroxylation sites is 1. The number of ether oxygens (including phenoxy) is 3. The Labute approximate surface area is 155 Å². The predicted molar refractivity (Wildman–Crippen MR) is 101 cm³/mol. The van der Waals surface area contributed by atoms with Crippen LogP contribution in [0.4, 0.5) is 0 Å². The largest absolute Gasteiger partial charge is 0.493 e. The second kappa shape index (κ2) is 8.43. The molecule has 0 saturated carbocycles. The van der Waals surface area contributed by atoms with Crippen LogP contribution in [0.25, 0.3) is 0 Å². The van der Waals surface area contributed by atoms with Gasteiger partial charge >= 0.3 is 0 Å². The average molecular weight is 357 g/mol. The van der Waals surface area contributed by atoms with Crippen molar-refractivity contribution in [3.05, 3.63) is 53.6 Å². The molecule has 26 heavy (non-hydrogen) atoms. The summed E-state index contributed by atoms with van der Waals surface area (Å²) in [5, 5.41) is 10.4. The number of benzene rings is 2. The molecule has 0 spiro atoms. The Morgan fingerprint density at radius 1 is 1.12 bits per heavy atom. The summed E-state index contributed by atoms with van der Waals surface area (Å²) in [5.74, 6) is 2.29. The van der Waals surface area contributed by atoms with Crippen LogP contribution in [0, 0.1) is 0 Å². The van der Waals surface area contributed by atoms with Crippen molar-refractivity contribution in [1.29, 1.82) is 0 Å². The number of hydrogen-bond donors (Lipinski definition) is 1. The summed E-state index contributed by atoms with van der Waals surface area (Å²) >= 11 is 0. The molecule has 5 nitrogen and oxygen atoms in total. The third-order valence-electron chi connectivity index (χ3n) is 4.94. The van der Waals surface area contributed by atoms with E-state index in [4.69, 9.17) is 14.2 Å². The van der Waals surface area contributed by atoms with E-state index in [-0.39, 0.29) is 12.6 Å². The Kier molecular flexibility index (Phi) is 6.01. The minimum Gasteiger partial charge on any atom is -0.493 e. The molecular weight excluding hydrogens is 330 g/mol. The predicted octanol–water partition coefficient (Wildman–Crippen LogP) is 3.06. The Balaban J connectivity index is 1.64. The van der Waals surface area contributed by atoms with Gasteiger partial charge in [0.2, 0.25) is 0 Å². The first-order valence-corrected chi connectivity index (χ1v) is 8.97. The first kappa shape index (κ1) is 18.5. The molecule has 0 bridgehead atoms. The number of hydrogen-bond acceptors (Lipinski definition) is 5. The van der Waals surface area contributed by atoms with Crippen molar-refractivity contribution in [3.63, 3.8) is 0 Å². The van der Waals surface area contributed by atoms with Crippen molar-refractivity contribution >= 4 is 0 Å². The maximum absolute atomic E-state index is 10.4. The molecule has 2 atom stereocenters. The summed E-state index contributed by atoms with van der Waals surface area (Å²) in [6, 6.07) is 13.9. The highest BCUT2D eigenvalue weighted by Gasteiger charge is 2.27. The molecule has 2 aromatic carbocycles. The van der Waals surface area contributed by atoms with Crippen LogP contribution < -0.4 is 14.2 Å². The van der Waals surface area contributed by atoms with Crippen molar-refractivity contribution in [2.24, 2.45) is 0 Å². The van der Waals surface area contributed by atoms with E-state index in [1.807, 2.05) is 30.3 Å². The standard InChI is InChI=1S/C21H27NO4/c1-15-19-12-21(25-3)20(24-2)11-16(19)9-10-22(15)13-17(23)14-26-18-7-5-4-6-8-18/h4-8,11-12,15,17,23H,9-10,13-14H2,1-3H3/t15-,17-/m0/s1. The van der Waals surface area contributed by atoms with Gasteiger partial charge in [-0.3, -0.25) is 4.90 Å². The van der Waals surface area contributed by atoms with E-state index in [0.717, 1.165) is 30.2 Å². The molecule has 2 aromatic rings. The lowest BCUT2D eigenvalue weighted by Gasteiger charge is -2.36. The van der Waals surface area contributed by atoms with Gasteiger partial charge in [0.25, 0.3) is 0 Å². The lowest BCUT2D eigenvalue weighted by Crippen LogP contribution is -2.41. The number of rotatable bonds is 7. The van der Waals surface area contributed by atoms with E-state index in [1.54, 1.807) is 14.2 Å². The van der Waals surface area contributed by atoms with Crippen LogP contribution in [0.1, 0.15) is 24.1 Å². The van der Waals surface area contributed by atoms with Crippen LogP contribution in [-0.2, 0) is 6.42 Å². The number of aliphatic hydroxyl groups is 1. The summed E-state index contributed by atoms with van der Waals surface area (Å²) in [6.45, 7) is 3.91. The van der Waals surface area contributed by atoms with Crippen LogP contribution in [0.5, 0.6) is 17.2 Å². The minimum absolute atomic E-state index is 0.199. The molecule has 1 N–H and O–H groups in total. The average Bonchev–Trinajstić information content (AvgIpc) is 2.68. The molecule has 0 fully saturated rings. The van der Waals surface area contributed by atoms with Gasteiger partial charge in [-0.2, -0.15) is 0 Å². The van der Waals surface area contributed by atoms with E-state index >= 15 is 0 Å². The molecule has 140 valence electrons. The Hall–Kier alpha value is -2.24. The number of fused-ring (bicyclic) bond motifs is 1. The molecule has 0 amide bonds. The molecule has 0 radical (unpaired) electrons. The highest BCUT2D eigenvalue weighted by Crippen LogP contribution is 2.37. The van der Waals surface area contributed by atoms with E-state index in [2.05, 4.69) is 24.0 Å². The van der Waals surface area contributed by atoms with Gasteiger partial charge in [-0.25, -0.2) is 0 Å². The van der Waals surface area contributed by atoms with Crippen molar-refractivity contribution in [2.45, 2.75) is 25.5 Å². The van der Waals surface area contributed by atoms with E-state index in [0.29, 0.717) is 6.54 Å². The van der Waals surface area contributed by atoms with Crippen LogP contribution in [-0.4, -0.2) is 50.0 Å². The van der Waals surface area contributed by atoms with Gasteiger partial charge in [0.05, 0.1) is 14.2 Å². The smallest absolute Gasteiger partial charge is 0.161 e. The molecule has 3 rings (SSSR count). The molecule has 0 saturated heterocycles. The van der Waals surface area contributed by atoms with Crippen LogP contribution in [0.15, 0.2) is 42.5 Å². The van der Waals surface area contributed by atoms with Crippen molar-refractivity contribution in [2.75, 3.05) is 33.9 Å². The quantitative estimate of drug-likeness (QED) is 0.825. The summed E-state index contributed by atoms with van der Waals surface area (Å²) in [6.07, 6.45) is 0.381. The van der Waals surface area contributed by atoms with Gasteiger partial charge in [0.1, 0.15) is 18.5 Å². The number of aliphatic hydroxyl groups excluding tert-OH is 1. The van der Waals surface area contributed by atoms with Crippen molar-refractivity contribution < 1.29 is 19.3 Å². The lowest BCUT2D eigenvalue weighted by atomic mass is 9.92. The molecule has 1 heterocycles. The second-order valence-corrected chi connectivity index (χ2v) is 6.60. The maximum atomic E-state index is 10.4. The topological polar surface area (TPSA) is 51.2 Å². The van der Waals surface area contributed by atoms with Gasteiger partial charge in [-0.15, -0.1) is 0 Å². The van der Waals surface area contributed by atoms with E-state index < -0.39 is 6.10 Å². The summed E-state index contributed by atoms with van der Waals surface area (Å²) in [4.78, 5) is 2.28. The fourth-order valence-corrected chi connectivity index (χ4v) is 3.48. The number of methoxy groups -OCH3 is 2. The number of β-amino-alcohol motifs (C(OH)–C–C–N with tert-alkyl or cyclic N) is 1. The van der Waals surface area contributed by atoms with Crippen LogP contribution in [0.3, 0.4) is 0 Å². The molecule has 1 aliphatic heterocycles. The molecule has 0 aliphatic carbocycles. The third-order valence-corrected chi connectivity index (χ3v) is 4.94. The van der Waals surface area contributed by atoms with Gasteiger partial charge < -0.3 is 19.3 Å². The number of nitrogens with zero attached hydrogens (tertiary/aromatic N) is 1. The van der Waals surface area contributed by atoms with E-state index in [9.17, 15) is 5.11 Å². The molecule has 5 heteroatoms. The highest BCUT2D eigenvalue weighted by molar-refractivity contribution is 5.49. The molecule has 0 aromatic heterocycles. The molecular formula is C21H27NO4. The summed E-state index contributed by atoms with van der Waals surface area (Å²) in [5.41, 5.74) is 2.51.